The maximum atomic E-state index is 12.1. The maximum absolute atomic E-state index is 12.1. The molecule has 0 saturated carbocycles. The van der Waals surface area contributed by atoms with Gasteiger partial charge in [0.15, 0.2) is 0 Å². The van der Waals surface area contributed by atoms with Crippen molar-refractivity contribution in [1.29, 1.82) is 0 Å². The van der Waals surface area contributed by atoms with Crippen LogP contribution in [-0.4, -0.2) is 61.9 Å². The lowest BCUT2D eigenvalue weighted by atomic mass is 10.0. The van der Waals surface area contributed by atoms with Gasteiger partial charge in [0.2, 0.25) is 0 Å². The summed E-state index contributed by atoms with van der Waals surface area (Å²) in [7, 11) is 1.33. The second-order valence-corrected chi connectivity index (χ2v) is 8.60. The van der Waals surface area contributed by atoms with E-state index in [1.165, 1.54) is 12.0 Å². The van der Waals surface area contributed by atoms with Crippen LogP contribution in [0.4, 0.5) is 4.79 Å². The number of nitrogens with one attached hydrogen (secondary N) is 1. The monoisotopic (exact) mass is 474 g/mol. The lowest BCUT2D eigenvalue weighted by Gasteiger charge is -2.21. The van der Waals surface area contributed by atoms with E-state index in [-0.39, 0.29) is 38.7 Å². The summed E-state index contributed by atoms with van der Waals surface area (Å²) >= 11 is 12.0. The topological polar surface area (TPSA) is 94.2 Å². The number of esters is 2. The van der Waals surface area contributed by atoms with Crippen LogP contribution < -0.4 is 5.32 Å². The van der Waals surface area contributed by atoms with Gasteiger partial charge in [-0.3, -0.25) is 14.5 Å². The molecule has 0 spiro atoms. The Kier molecular flexibility index (Phi) is 9.87. The summed E-state index contributed by atoms with van der Waals surface area (Å²) < 4.78 is 15.2. The number of hydrogen-bond acceptors (Lipinski definition) is 7. The van der Waals surface area contributed by atoms with Gasteiger partial charge in [0.05, 0.1) is 13.5 Å². The number of cyclic esters (lactones) is 1. The molecule has 2 unspecified atom stereocenters. The summed E-state index contributed by atoms with van der Waals surface area (Å²) in [6.45, 7) is 4.64. The number of rotatable bonds is 11. The van der Waals surface area contributed by atoms with Gasteiger partial charge in [0.25, 0.3) is 0 Å². The van der Waals surface area contributed by atoms with Crippen molar-refractivity contribution in [2.24, 2.45) is 5.92 Å². The smallest absolute Gasteiger partial charge is 0.410 e. The molecule has 1 aliphatic rings. The zero-order valence-corrected chi connectivity index (χ0v) is 19.4. The Morgan fingerprint density at radius 1 is 1.26 bits per heavy atom. The lowest BCUT2D eigenvalue weighted by Crippen LogP contribution is -2.40. The Bertz CT molecular complexity index is 769. The average molecular weight is 475 g/mol. The van der Waals surface area contributed by atoms with E-state index in [1.54, 1.807) is 18.2 Å². The molecule has 0 aromatic heterocycles. The number of amides is 1. The molecule has 1 saturated heterocycles. The second-order valence-electron chi connectivity index (χ2n) is 7.73. The molecule has 2 atom stereocenters. The SMILES string of the molecule is COC(=O)C(CC(C)C)NCCC(=O)OCC1COC(=O)N1Cc1cc(Cl)cc(Cl)c1. The number of hydrogen-bond donors (Lipinski definition) is 1. The summed E-state index contributed by atoms with van der Waals surface area (Å²) in [4.78, 5) is 37.5. The number of carbonyl (C=O) groups is 3. The second kappa shape index (κ2) is 12.1. The highest BCUT2D eigenvalue weighted by Crippen LogP contribution is 2.23. The Labute approximate surface area is 192 Å². The first-order chi connectivity index (χ1) is 14.7. The number of benzene rings is 1. The Morgan fingerprint density at radius 2 is 1.94 bits per heavy atom. The summed E-state index contributed by atoms with van der Waals surface area (Å²) in [6, 6.07) is 4.14. The van der Waals surface area contributed by atoms with E-state index in [2.05, 4.69) is 5.32 Å². The summed E-state index contributed by atoms with van der Waals surface area (Å²) in [5, 5.41) is 3.96. The van der Waals surface area contributed by atoms with Gasteiger partial charge in [-0.05, 0) is 36.1 Å². The van der Waals surface area contributed by atoms with Crippen molar-refractivity contribution < 1.29 is 28.6 Å². The van der Waals surface area contributed by atoms with Gasteiger partial charge in [-0.2, -0.15) is 0 Å². The Balaban J connectivity index is 1.81. The first kappa shape index (κ1) is 25.2. The molecule has 1 N–H and O–H groups in total. The minimum Gasteiger partial charge on any atom is -0.468 e. The van der Waals surface area contributed by atoms with Gasteiger partial charge in [-0.1, -0.05) is 37.0 Å². The predicted octanol–water partition coefficient (Wildman–Crippen LogP) is 3.42. The van der Waals surface area contributed by atoms with Crippen LogP contribution in [0.3, 0.4) is 0 Å². The van der Waals surface area contributed by atoms with Gasteiger partial charge >= 0.3 is 18.0 Å². The summed E-state index contributed by atoms with van der Waals surface area (Å²) in [6.07, 6.45) is 0.191. The van der Waals surface area contributed by atoms with Gasteiger partial charge in [0.1, 0.15) is 25.3 Å². The lowest BCUT2D eigenvalue weighted by molar-refractivity contribution is -0.146. The number of halogens is 2. The maximum Gasteiger partial charge on any atom is 0.410 e. The van der Waals surface area contributed by atoms with Crippen molar-refractivity contribution in [2.75, 3.05) is 26.9 Å². The highest BCUT2D eigenvalue weighted by molar-refractivity contribution is 6.34. The van der Waals surface area contributed by atoms with Crippen molar-refractivity contribution in [3.63, 3.8) is 0 Å². The van der Waals surface area contributed by atoms with Crippen LogP contribution in [0, 0.1) is 5.92 Å². The molecule has 0 radical (unpaired) electrons. The van der Waals surface area contributed by atoms with Gasteiger partial charge in [-0.15, -0.1) is 0 Å². The molecule has 2 rings (SSSR count). The normalized spacial score (nSPS) is 16.9. The predicted molar refractivity (Wildman–Crippen MR) is 116 cm³/mol. The standard InChI is InChI=1S/C21H28Cl2N2O6/c1-13(2)6-18(20(27)29-3)24-5-4-19(26)30-11-17-12-31-21(28)25(17)10-14-7-15(22)9-16(23)8-14/h7-9,13,17-18,24H,4-6,10-12H2,1-3H3. The molecule has 0 bridgehead atoms. The van der Waals surface area contributed by atoms with E-state index in [4.69, 9.17) is 37.4 Å². The molecule has 1 fully saturated rings. The molecule has 10 heteroatoms. The first-order valence-electron chi connectivity index (χ1n) is 10.0. The molecule has 0 aliphatic carbocycles. The van der Waals surface area contributed by atoms with Crippen molar-refractivity contribution in [3.05, 3.63) is 33.8 Å². The van der Waals surface area contributed by atoms with Gasteiger partial charge in [-0.25, -0.2) is 4.79 Å². The zero-order valence-electron chi connectivity index (χ0n) is 17.9. The molecule has 31 heavy (non-hydrogen) atoms. The van der Waals surface area contributed by atoms with E-state index >= 15 is 0 Å². The molecule has 1 aromatic carbocycles. The molecule has 172 valence electrons. The highest BCUT2D eigenvalue weighted by Gasteiger charge is 2.34. The molecular weight excluding hydrogens is 447 g/mol. The van der Waals surface area contributed by atoms with E-state index in [0.29, 0.717) is 22.4 Å². The Hall–Kier alpha value is -2.03. The fourth-order valence-electron chi connectivity index (χ4n) is 3.21. The minimum atomic E-state index is -0.492. The molecular formula is C21H28Cl2N2O6. The molecule has 1 aromatic rings. The fraction of sp³-hybridized carbons (Fsp3) is 0.571. The van der Waals surface area contributed by atoms with Crippen LogP contribution in [0.15, 0.2) is 18.2 Å². The van der Waals surface area contributed by atoms with E-state index in [9.17, 15) is 14.4 Å². The third-order valence-electron chi connectivity index (χ3n) is 4.70. The number of ether oxygens (including phenoxy) is 3. The van der Waals surface area contributed by atoms with E-state index in [0.717, 1.165) is 5.56 Å². The third kappa shape index (κ3) is 8.20. The van der Waals surface area contributed by atoms with Crippen molar-refractivity contribution in [1.82, 2.24) is 10.2 Å². The average Bonchev–Trinajstić information content (AvgIpc) is 3.03. The molecule has 1 heterocycles. The van der Waals surface area contributed by atoms with Crippen LogP contribution in [0.25, 0.3) is 0 Å². The first-order valence-corrected chi connectivity index (χ1v) is 10.8. The Morgan fingerprint density at radius 3 is 2.55 bits per heavy atom. The fourth-order valence-corrected chi connectivity index (χ4v) is 3.78. The largest absolute Gasteiger partial charge is 0.468 e. The van der Waals surface area contributed by atoms with Crippen LogP contribution in [-0.2, 0) is 30.3 Å². The summed E-state index contributed by atoms with van der Waals surface area (Å²) in [5.41, 5.74) is 0.746. The van der Waals surface area contributed by atoms with Crippen LogP contribution in [0.1, 0.15) is 32.3 Å². The van der Waals surface area contributed by atoms with Crippen molar-refractivity contribution in [2.45, 2.75) is 45.3 Å². The molecule has 1 amide bonds. The molecule has 1 aliphatic heterocycles. The van der Waals surface area contributed by atoms with Crippen molar-refractivity contribution in [3.8, 4) is 0 Å². The van der Waals surface area contributed by atoms with Crippen LogP contribution in [0.5, 0.6) is 0 Å². The van der Waals surface area contributed by atoms with Gasteiger partial charge < -0.3 is 19.5 Å². The van der Waals surface area contributed by atoms with Crippen LogP contribution in [0.2, 0.25) is 10.0 Å². The highest BCUT2D eigenvalue weighted by atomic mass is 35.5. The van der Waals surface area contributed by atoms with E-state index in [1.807, 2.05) is 13.8 Å². The van der Waals surface area contributed by atoms with Gasteiger partial charge in [0, 0.05) is 23.1 Å². The number of nitrogens with zero attached hydrogens (tertiary/aromatic N) is 1. The summed E-state index contributed by atoms with van der Waals surface area (Å²) in [5.74, 6) is -0.505. The quantitative estimate of drug-likeness (QED) is 0.387. The number of carbonyl (C=O) groups excluding carboxylic acids is 3. The third-order valence-corrected chi connectivity index (χ3v) is 5.14. The number of methoxy groups -OCH3 is 1. The van der Waals surface area contributed by atoms with Crippen molar-refractivity contribution >= 4 is 41.2 Å². The van der Waals surface area contributed by atoms with Crippen LogP contribution >= 0.6 is 23.2 Å². The molecule has 8 nitrogen and oxygen atoms in total. The van der Waals surface area contributed by atoms with E-state index < -0.39 is 24.1 Å². The zero-order chi connectivity index (χ0) is 23.0. The minimum absolute atomic E-state index is 0.00525.